The highest BCUT2D eigenvalue weighted by atomic mass is 16.6. The zero-order valence-corrected chi connectivity index (χ0v) is 48.1. The number of carbonyl (C=O) groups is 3. The molecule has 420 valence electrons. The van der Waals surface area contributed by atoms with Crippen LogP contribution in [-0.2, 0) is 28.6 Å². The van der Waals surface area contributed by atoms with Gasteiger partial charge in [0.05, 0.1) is 0 Å². The van der Waals surface area contributed by atoms with E-state index < -0.39 is 6.10 Å². The molecule has 0 saturated heterocycles. The van der Waals surface area contributed by atoms with Crippen LogP contribution < -0.4 is 0 Å². The number of hydrogen-bond donors (Lipinski definition) is 0. The van der Waals surface area contributed by atoms with Crippen molar-refractivity contribution in [3.8, 4) is 0 Å². The summed E-state index contributed by atoms with van der Waals surface area (Å²) < 4.78 is 16.9. The minimum Gasteiger partial charge on any atom is -0.462 e. The van der Waals surface area contributed by atoms with E-state index in [0.717, 1.165) is 135 Å². The standard InChI is InChI=1S/C68H112O6/c1-4-7-10-13-16-19-22-25-28-31-34-37-40-43-46-49-52-55-58-61-67(70)73-64-65(63-72-66(69)60-57-54-51-48-45-42-39-36-33-30-27-24-21-18-15-12-9-6-3)74-68(71)62-59-56-53-50-47-44-41-38-35-32-29-26-23-20-17-14-11-8-5-2/h7-8,10-11,16-17,19-20,25-26,28-29,34-35,37-38,43-44,46-47,65H,4-6,9,12-15,18,21-24,27,30-33,36,39-42,45,48-64H2,1-3H3/b10-7-,11-8-,19-16-,20-17-,28-25-,29-26-,37-34-,38-35-,46-43-,47-44-/t65-/m1/s1. The molecule has 74 heavy (non-hydrogen) atoms. The number of unbranched alkanes of at least 4 members (excludes halogenated alkanes) is 23. The quantitative estimate of drug-likeness (QED) is 0.0261. The summed E-state index contributed by atoms with van der Waals surface area (Å²) in [5.41, 5.74) is 0. The maximum absolute atomic E-state index is 12.9. The maximum atomic E-state index is 12.9. The third kappa shape index (κ3) is 58.7. The molecule has 0 heterocycles. The van der Waals surface area contributed by atoms with Crippen LogP contribution in [0.15, 0.2) is 122 Å². The molecule has 0 radical (unpaired) electrons. The van der Waals surface area contributed by atoms with E-state index >= 15 is 0 Å². The van der Waals surface area contributed by atoms with Gasteiger partial charge in [0.2, 0.25) is 0 Å². The predicted octanol–water partition coefficient (Wildman–Crippen LogP) is 20.8. The summed E-state index contributed by atoms with van der Waals surface area (Å²) in [5.74, 6) is -0.965. The molecule has 0 unspecified atom stereocenters. The number of rotatable bonds is 54. The predicted molar refractivity (Wildman–Crippen MR) is 320 cm³/mol. The summed E-state index contributed by atoms with van der Waals surface area (Å²) in [7, 11) is 0. The summed E-state index contributed by atoms with van der Waals surface area (Å²) in [6, 6.07) is 0. The molecular formula is C68H112O6. The Balaban J connectivity index is 4.51. The van der Waals surface area contributed by atoms with Crippen LogP contribution in [0.2, 0.25) is 0 Å². The number of carbonyl (C=O) groups excluding carboxylic acids is 3. The van der Waals surface area contributed by atoms with Crippen molar-refractivity contribution in [2.24, 2.45) is 0 Å². The third-order valence-corrected chi connectivity index (χ3v) is 12.7. The first-order chi connectivity index (χ1) is 36.5. The normalized spacial score (nSPS) is 13.0. The minimum atomic E-state index is -0.813. The van der Waals surface area contributed by atoms with Gasteiger partial charge in [0.1, 0.15) is 13.2 Å². The number of ether oxygens (including phenoxy) is 3. The zero-order chi connectivity index (χ0) is 53.6. The van der Waals surface area contributed by atoms with Crippen LogP contribution in [0, 0.1) is 0 Å². The topological polar surface area (TPSA) is 78.9 Å². The largest absolute Gasteiger partial charge is 0.462 e. The van der Waals surface area contributed by atoms with Gasteiger partial charge < -0.3 is 14.2 Å². The van der Waals surface area contributed by atoms with Crippen LogP contribution in [0.5, 0.6) is 0 Å². The first kappa shape index (κ1) is 69.8. The van der Waals surface area contributed by atoms with Gasteiger partial charge in [0.15, 0.2) is 6.10 Å². The molecule has 0 aromatic heterocycles. The molecule has 1 atom stereocenters. The maximum Gasteiger partial charge on any atom is 0.306 e. The van der Waals surface area contributed by atoms with Crippen LogP contribution in [0.25, 0.3) is 0 Å². The van der Waals surface area contributed by atoms with E-state index in [0.29, 0.717) is 12.8 Å². The Morgan fingerprint density at radius 2 is 0.527 bits per heavy atom. The lowest BCUT2D eigenvalue weighted by Gasteiger charge is -2.18. The molecule has 0 aromatic rings. The fourth-order valence-corrected chi connectivity index (χ4v) is 8.20. The molecule has 6 heteroatoms. The van der Waals surface area contributed by atoms with Crippen molar-refractivity contribution in [2.75, 3.05) is 13.2 Å². The van der Waals surface area contributed by atoms with E-state index in [1.165, 1.54) is 96.3 Å². The van der Waals surface area contributed by atoms with Crippen molar-refractivity contribution in [3.05, 3.63) is 122 Å². The average molecular weight is 1030 g/mol. The molecular weight excluding hydrogens is 913 g/mol. The molecule has 6 nitrogen and oxygen atoms in total. The SMILES string of the molecule is CC/C=C\C/C=C\C/C=C\C/C=C\C/C=C\CCCCCC(=O)OC[C@@H](COC(=O)CCCCCCCCCCCCCCCCCCCC)OC(=O)CCCCC/C=C\C/C=C\C/C=C\C/C=C\C/C=C\CC. The first-order valence-electron chi connectivity index (χ1n) is 30.5. The highest BCUT2D eigenvalue weighted by molar-refractivity contribution is 5.71. The number of allylic oxidation sites excluding steroid dienone is 20. The van der Waals surface area contributed by atoms with E-state index in [1.807, 2.05) is 0 Å². The van der Waals surface area contributed by atoms with Gasteiger partial charge in [0.25, 0.3) is 0 Å². The second-order valence-electron chi connectivity index (χ2n) is 19.9. The summed E-state index contributed by atoms with van der Waals surface area (Å²) in [6.07, 6.45) is 84.8. The fraction of sp³-hybridized carbons (Fsp3) is 0.662. The molecule has 0 amide bonds. The van der Waals surface area contributed by atoms with Crippen LogP contribution in [0.3, 0.4) is 0 Å². The summed E-state index contributed by atoms with van der Waals surface area (Å²) in [5, 5.41) is 0. The molecule has 0 saturated carbocycles. The number of esters is 3. The third-order valence-electron chi connectivity index (χ3n) is 12.7. The van der Waals surface area contributed by atoms with Crippen molar-refractivity contribution in [1.82, 2.24) is 0 Å². The molecule has 0 spiro atoms. The van der Waals surface area contributed by atoms with Gasteiger partial charge in [-0.05, 0) is 109 Å². The van der Waals surface area contributed by atoms with Crippen molar-refractivity contribution in [1.29, 1.82) is 0 Å². The molecule has 0 rings (SSSR count). The highest BCUT2D eigenvalue weighted by Crippen LogP contribution is 2.16. The molecule has 0 aliphatic rings. The van der Waals surface area contributed by atoms with Gasteiger partial charge in [-0.25, -0.2) is 0 Å². The van der Waals surface area contributed by atoms with Crippen molar-refractivity contribution >= 4 is 17.9 Å². The van der Waals surface area contributed by atoms with E-state index in [4.69, 9.17) is 14.2 Å². The van der Waals surface area contributed by atoms with E-state index in [2.05, 4.69) is 142 Å². The van der Waals surface area contributed by atoms with E-state index in [1.54, 1.807) is 0 Å². The Morgan fingerprint density at radius 1 is 0.284 bits per heavy atom. The summed E-state index contributed by atoms with van der Waals surface area (Å²) in [6.45, 7) is 6.37. The van der Waals surface area contributed by atoms with Gasteiger partial charge >= 0.3 is 17.9 Å². The zero-order valence-electron chi connectivity index (χ0n) is 48.1. The molecule has 0 bridgehead atoms. The van der Waals surface area contributed by atoms with Crippen LogP contribution in [-0.4, -0.2) is 37.2 Å². The summed E-state index contributed by atoms with van der Waals surface area (Å²) in [4.78, 5) is 38.3. The van der Waals surface area contributed by atoms with Gasteiger partial charge in [0, 0.05) is 19.3 Å². The lowest BCUT2D eigenvalue weighted by atomic mass is 10.0. The molecule has 0 fully saturated rings. The van der Waals surface area contributed by atoms with Crippen LogP contribution in [0.1, 0.15) is 271 Å². The smallest absolute Gasteiger partial charge is 0.306 e. The second kappa shape index (κ2) is 61.4. The van der Waals surface area contributed by atoms with Crippen molar-refractivity contribution in [2.45, 2.75) is 277 Å². The summed E-state index contributed by atoms with van der Waals surface area (Å²) >= 11 is 0. The highest BCUT2D eigenvalue weighted by Gasteiger charge is 2.19. The van der Waals surface area contributed by atoms with Crippen molar-refractivity contribution < 1.29 is 28.6 Å². The molecule has 0 aromatic carbocycles. The second-order valence-corrected chi connectivity index (χ2v) is 19.9. The minimum absolute atomic E-state index is 0.103. The fourth-order valence-electron chi connectivity index (χ4n) is 8.20. The molecule has 0 aliphatic heterocycles. The monoisotopic (exact) mass is 1020 g/mol. The Labute approximate surface area is 456 Å². The van der Waals surface area contributed by atoms with Crippen LogP contribution in [0.4, 0.5) is 0 Å². The lowest BCUT2D eigenvalue weighted by molar-refractivity contribution is -0.167. The van der Waals surface area contributed by atoms with Gasteiger partial charge in [-0.2, -0.15) is 0 Å². The number of hydrogen-bond acceptors (Lipinski definition) is 6. The average Bonchev–Trinajstić information content (AvgIpc) is 3.40. The van der Waals surface area contributed by atoms with Gasteiger partial charge in [-0.3, -0.25) is 14.4 Å². The van der Waals surface area contributed by atoms with E-state index in [9.17, 15) is 14.4 Å². The molecule has 0 N–H and O–H groups in total. The Bertz CT molecular complexity index is 1550. The Hall–Kier alpha value is -4.19. The van der Waals surface area contributed by atoms with Gasteiger partial charge in [-0.1, -0.05) is 264 Å². The first-order valence-corrected chi connectivity index (χ1v) is 30.5. The lowest BCUT2D eigenvalue weighted by Crippen LogP contribution is -2.30. The molecule has 0 aliphatic carbocycles. The van der Waals surface area contributed by atoms with Gasteiger partial charge in [-0.15, -0.1) is 0 Å². The van der Waals surface area contributed by atoms with Crippen LogP contribution >= 0.6 is 0 Å². The Morgan fingerprint density at radius 3 is 0.824 bits per heavy atom. The Kier molecular flexibility index (Phi) is 57.9. The van der Waals surface area contributed by atoms with Crippen molar-refractivity contribution in [3.63, 3.8) is 0 Å². The van der Waals surface area contributed by atoms with E-state index in [-0.39, 0.29) is 37.5 Å².